The molecule has 4 saturated heterocycles. The zero-order valence-electron chi connectivity index (χ0n) is 49.1. The minimum atomic E-state index is -1.50. The van der Waals surface area contributed by atoms with E-state index in [0.29, 0.717) is 43.3 Å². The van der Waals surface area contributed by atoms with Crippen molar-refractivity contribution < 1.29 is 76.8 Å². The van der Waals surface area contributed by atoms with E-state index in [9.17, 15) is 34.2 Å². The van der Waals surface area contributed by atoms with Crippen LogP contribution < -0.4 is 5.43 Å². The number of cyclic esters (lactones) is 1. The zero-order valence-corrected chi connectivity index (χ0v) is 49.1. The fourth-order valence-corrected chi connectivity index (χ4v) is 12.7. The van der Waals surface area contributed by atoms with Crippen LogP contribution in [0.15, 0.2) is 29.2 Å². The van der Waals surface area contributed by atoms with Crippen LogP contribution in [0.2, 0.25) is 0 Å². The number of Topliss-reactive ketones (excluding diaryl/α,β-unsaturated/α-hetero) is 1. The summed E-state index contributed by atoms with van der Waals surface area (Å²) in [5.41, 5.74) is -2.74. The van der Waals surface area contributed by atoms with Gasteiger partial charge < -0.3 is 71.9 Å². The number of hydrogen-bond donors (Lipinski definition) is 2. The number of ether oxygens (including phenoxy) is 10. The van der Waals surface area contributed by atoms with Gasteiger partial charge in [-0.2, -0.15) is 0 Å². The lowest BCUT2D eigenvalue weighted by atomic mass is 9.74. The summed E-state index contributed by atoms with van der Waals surface area (Å²) in [4.78, 5) is 71.3. The molecule has 18 atom stereocenters. The number of hydrogen-bond acceptors (Lipinski definition) is 18. The number of carboxylic acids is 1. The Morgan fingerprint density at radius 3 is 2.15 bits per heavy atom. The predicted molar refractivity (Wildman–Crippen MR) is 289 cm³/mol. The van der Waals surface area contributed by atoms with E-state index in [-0.39, 0.29) is 42.8 Å². The van der Waals surface area contributed by atoms with Gasteiger partial charge in [-0.15, -0.1) is 0 Å². The molecule has 20 nitrogen and oxygen atoms in total. The van der Waals surface area contributed by atoms with Crippen LogP contribution in [0, 0.1) is 23.7 Å². The molecule has 2 N–H and O–H groups in total. The van der Waals surface area contributed by atoms with Gasteiger partial charge >= 0.3 is 18.1 Å². The second-order valence-corrected chi connectivity index (χ2v) is 23.5. The number of methoxy groups -OCH3 is 2. The SMILES string of the molecule is CC[C@@H]1OC(=O)[C@H](C)[C@H](O[C@@H]2C[C@](C)(OC)[C@H](OCCCN(C)CCCc3ccc4c(c3)c(=O)c(C(=O)O)cn4CC)[C@H](C)O2)[C@@H](C)[C@H](O[C@H]2O[C@@H](C)C[C@@H](N(C)C)[C@H]2O)[C@](C)(OC)C[C@H](C)C(=O)[C@@H](C)[C@H]2OC(=O)O[C@@]12C. The van der Waals surface area contributed by atoms with E-state index in [1.54, 1.807) is 46.3 Å². The van der Waals surface area contributed by atoms with Gasteiger partial charge in [-0.3, -0.25) is 14.4 Å². The highest BCUT2D eigenvalue weighted by Crippen LogP contribution is 2.44. The first kappa shape index (κ1) is 63.1. The lowest BCUT2D eigenvalue weighted by Gasteiger charge is -2.50. The van der Waals surface area contributed by atoms with Crippen molar-refractivity contribution in [2.75, 3.05) is 55.1 Å². The molecule has 4 aliphatic heterocycles. The fourth-order valence-electron chi connectivity index (χ4n) is 12.7. The topological polar surface area (TPSA) is 230 Å². The van der Waals surface area contributed by atoms with Crippen molar-refractivity contribution in [2.45, 2.75) is 212 Å². The molecule has 0 spiro atoms. The minimum Gasteiger partial charge on any atom is -0.477 e. The normalized spacial score (nSPS) is 37.2. The summed E-state index contributed by atoms with van der Waals surface area (Å²) in [5.74, 6) is -5.40. The fraction of sp³-hybridized carbons (Fsp3) is 0.776. The first-order valence-electron chi connectivity index (χ1n) is 28.1. The summed E-state index contributed by atoms with van der Waals surface area (Å²) in [6, 6.07) is 5.39. The molecule has 4 aliphatic rings. The number of carboxylic acid groups (broad SMARTS) is 1. The molecule has 20 heteroatoms. The summed E-state index contributed by atoms with van der Waals surface area (Å²) in [7, 11) is 8.98. The third-order valence-corrected chi connectivity index (χ3v) is 17.4. The number of aliphatic hydroxyl groups excluding tert-OH is 1. The third kappa shape index (κ3) is 13.6. The second kappa shape index (κ2) is 26.2. The van der Waals surface area contributed by atoms with Crippen LogP contribution in [0.5, 0.6) is 0 Å². The Bertz CT molecular complexity index is 2450. The first-order valence-corrected chi connectivity index (χ1v) is 28.1. The number of esters is 1. The molecular weight excluding hydrogens is 1010 g/mol. The number of aryl methyl sites for hydroxylation is 2. The predicted octanol–water partition coefficient (Wildman–Crippen LogP) is 6.63. The van der Waals surface area contributed by atoms with Gasteiger partial charge in [0, 0.05) is 69.8 Å². The van der Waals surface area contributed by atoms with Crippen molar-refractivity contribution in [2.24, 2.45) is 23.7 Å². The number of aromatic carboxylic acids is 1. The average molecular weight is 1100 g/mol. The number of aromatic nitrogens is 1. The van der Waals surface area contributed by atoms with Crippen LogP contribution in [0.3, 0.4) is 0 Å². The van der Waals surface area contributed by atoms with E-state index in [4.69, 9.17) is 47.4 Å². The Morgan fingerprint density at radius 2 is 1.53 bits per heavy atom. The summed E-state index contributed by atoms with van der Waals surface area (Å²) >= 11 is 0. The van der Waals surface area contributed by atoms with Gasteiger partial charge in [-0.05, 0) is 132 Å². The molecule has 0 unspecified atom stereocenters. The number of fused-ring (bicyclic) bond motifs is 2. The van der Waals surface area contributed by atoms with Gasteiger partial charge in [0.05, 0.1) is 53.0 Å². The lowest BCUT2D eigenvalue weighted by Crippen LogP contribution is -2.61. The Hall–Kier alpha value is -4.09. The van der Waals surface area contributed by atoms with E-state index in [2.05, 4.69) is 4.90 Å². The van der Waals surface area contributed by atoms with E-state index >= 15 is 0 Å². The Balaban J connectivity index is 1.20. The number of rotatable bonds is 19. The highest BCUT2D eigenvalue weighted by atomic mass is 16.8. The number of ketones is 1. The highest BCUT2D eigenvalue weighted by Gasteiger charge is 2.60. The van der Waals surface area contributed by atoms with Gasteiger partial charge in [-0.1, -0.05) is 33.8 Å². The number of aliphatic hydroxyl groups is 1. The Morgan fingerprint density at radius 1 is 0.859 bits per heavy atom. The molecule has 1 aromatic heterocycles. The first-order chi connectivity index (χ1) is 36.7. The molecule has 0 bridgehead atoms. The van der Waals surface area contributed by atoms with Crippen LogP contribution in [0.4, 0.5) is 4.79 Å². The molecule has 0 amide bonds. The van der Waals surface area contributed by atoms with Crippen molar-refractivity contribution >= 4 is 34.8 Å². The maximum atomic E-state index is 14.8. The maximum absolute atomic E-state index is 14.8. The molecule has 0 aliphatic carbocycles. The van der Waals surface area contributed by atoms with E-state index in [1.165, 1.54) is 13.3 Å². The molecule has 4 fully saturated rings. The van der Waals surface area contributed by atoms with Crippen LogP contribution in [-0.2, 0) is 69.9 Å². The number of carbonyl (C=O) groups excluding carboxylic acids is 3. The zero-order chi connectivity index (χ0) is 57.8. The van der Waals surface area contributed by atoms with Gasteiger partial charge in [0.1, 0.15) is 29.7 Å². The Kier molecular flexibility index (Phi) is 21.2. The molecule has 1 aromatic carbocycles. The summed E-state index contributed by atoms with van der Waals surface area (Å²) < 4.78 is 66.1. The van der Waals surface area contributed by atoms with Gasteiger partial charge in [0.25, 0.3) is 0 Å². The molecule has 0 radical (unpaired) electrons. The quantitative estimate of drug-likeness (QED) is 0.111. The minimum absolute atomic E-state index is 0.124. The van der Waals surface area contributed by atoms with E-state index < -0.39 is 119 Å². The van der Waals surface area contributed by atoms with E-state index in [0.717, 1.165) is 25.1 Å². The molecule has 2 aromatic rings. The van der Waals surface area contributed by atoms with Crippen LogP contribution in [-0.4, -0.2) is 188 Å². The Labute approximate surface area is 460 Å². The number of nitrogens with zero attached hydrogens (tertiary/aromatic N) is 3. The van der Waals surface area contributed by atoms with Crippen LogP contribution in [0.25, 0.3) is 10.9 Å². The van der Waals surface area contributed by atoms with Crippen LogP contribution in [0.1, 0.15) is 131 Å². The highest BCUT2D eigenvalue weighted by molar-refractivity contribution is 5.92. The standard InChI is InChI=1S/C58H91N3O17/c1-17-43-58(11)50(77-55(68)78-58)34(5)45(62)32(3)29-56(9,69-15)49(76-54-47(64)42(59(12)13)27-33(4)72-54)35(6)48(36(7)53(67)74-43)75-44-30-57(10,70-16)51(37(8)73-44)71-26-20-25-60(14)24-19-21-38-22-23-41-39(28-38)46(63)40(52(65)66)31-61(41)18-2/h22-23,28,31-37,42-44,47-51,54,64H,17-21,24-27,29-30H2,1-16H3,(H,65,66)/t32-,33-,34+,35+,36+,37-,42+,43-,44+,47+,48+,49-,50+,51+,54+,56+,57-,58-/m0/s1. The lowest BCUT2D eigenvalue weighted by molar-refractivity contribution is -0.322. The second-order valence-electron chi connectivity index (χ2n) is 23.5. The molecule has 5 heterocycles. The number of likely N-dealkylation sites (N-methyl/N-ethyl adjacent to an activating group) is 1. The van der Waals surface area contributed by atoms with Crippen LogP contribution >= 0.6 is 0 Å². The molecule has 440 valence electrons. The average Bonchev–Trinajstić information content (AvgIpc) is 3.79. The number of benzene rings is 1. The monoisotopic (exact) mass is 1100 g/mol. The van der Waals surface area contributed by atoms with Crippen molar-refractivity contribution in [3.63, 3.8) is 0 Å². The van der Waals surface area contributed by atoms with Crippen molar-refractivity contribution in [1.29, 1.82) is 0 Å². The van der Waals surface area contributed by atoms with Crippen molar-refractivity contribution in [3.05, 3.63) is 45.7 Å². The number of carbonyl (C=O) groups is 4. The summed E-state index contributed by atoms with van der Waals surface area (Å²) in [5, 5.41) is 21.9. The number of pyridine rings is 1. The molecule has 6 rings (SSSR count). The molecule has 78 heavy (non-hydrogen) atoms. The third-order valence-electron chi connectivity index (χ3n) is 17.4. The molecular formula is C58H91N3O17. The summed E-state index contributed by atoms with van der Waals surface area (Å²) in [6.07, 6.45) is -4.77. The molecule has 0 saturated carbocycles. The van der Waals surface area contributed by atoms with Gasteiger partial charge in [0.2, 0.25) is 5.43 Å². The van der Waals surface area contributed by atoms with E-state index in [1.807, 2.05) is 85.8 Å². The summed E-state index contributed by atoms with van der Waals surface area (Å²) in [6.45, 7) is 22.5. The smallest absolute Gasteiger partial charge is 0.477 e. The van der Waals surface area contributed by atoms with Gasteiger partial charge in [-0.25, -0.2) is 9.59 Å². The van der Waals surface area contributed by atoms with Crippen molar-refractivity contribution in [1.82, 2.24) is 14.4 Å². The van der Waals surface area contributed by atoms with Crippen molar-refractivity contribution in [3.8, 4) is 0 Å². The maximum Gasteiger partial charge on any atom is 0.509 e. The largest absolute Gasteiger partial charge is 0.509 e. The van der Waals surface area contributed by atoms with Gasteiger partial charge in [0.15, 0.2) is 24.3 Å².